The Balaban J connectivity index is 1.43. The van der Waals surface area contributed by atoms with Crippen LogP contribution in [0.15, 0.2) is 41.0 Å². The van der Waals surface area contributed by atoms with Crippen LogP contribution < -0.4 is 5.32 Å². The van der Waals surface area contributed by atoms with E-state index in [2.05, 4.69) is 5.32 Å². The smallest absolute Gasteiger partial charge is 0.309 e. The monoisotopic (exact) mass is 404 g/mol. The number of amides is 2. The number of carbonyl (C=O) groups excluding carboxylic acids is 3. The normalized spacial score (nSPS) is 14.6. The molecule has 1 aliphatic rings. The molecule has 1 aliphatic heterocycles. The van der Waals surface area contributed by atoms with Gasteiger partial charge in [-0.3, -0.25) is 14.4 Å². The quantitative estimate of drug-likeness (QED) is 0.772. The van der Waals surface area contributed by atoms with Gasteiger partial charge in [-0.15, -0.1) is 0 Å². The van der Waals surface area contributed by atoms with Crippen molar-refractivity contribution in [2.24, 2.45) is 5.92 Å². The first-order chi connectivity index (χ1) is 13.4. The molecule has 2 amide bonds. The number of benzene rings is 1. The number of rotatable bonds is 5. The Morgan fingerprint density at radius 2 is 2.00 bits per heavy atom. The number of furan rings is 1. The molecule has 28 heavy (non-hydrogen) atoms. The van der Waals surface area contributed by atoms with Gasteiger partial charge in [0.05, 0.1) is 22.9 Å². The zero-order valence-electron chi connectivity index (χ0n) is 15.4. The number of anilines is 1. The Hall–Kier alpha value is -2.80. The third kappa shape index (κ3) is 4.92. The molecule has 1 fully saturated rings. The number of hydrogen-bond donors (Lipinski definition) is 1. The maximum atomic E-state index is 12.2. The van der Waals surface area contributed by atoms with Gasteiger partial charge in [0.25, 0.3) is 11.8 Å². The van der Waals surface area contributed by atoms with Gasteiger partial charge in [-0.1, -0.05) is 17.7 Å². The summed E-state index contributed by atoms with van der Waals surface area (Å²) >= 11 is 6.07. The van der Waals surface area contributed by atoms with E-state index in [9.17, 15) is 14.4 Å². The number of nitrogens with zero attached hydrogens (tertiary/aromatic N) is 1. The number of halogens is 1. The highest BCUT2D eigenvalue weighted by Crippen LogP contribution is 2.23. The molecule has 1 aromatic carbocycles. The molecular formula is C20H21ClN2O5. The van der Waals surface area contributed by atoms with Crippen LogP contribution in [0.1, 0.15) is 29.0 Å². The number of aryl methyl sites for hydroxylation is 1. The van der Waals surface area contributed by atoms with Gasteiger partial charge in [0.2, 0.25) is 0 Å². The molecule has 1 N–H and O–H groups in total. The fourth-order valence-electron chi connectivity index (χ4n) is 3.04. The Morgan fingerprint density at radius 3 is 2.64 bits per heavy atom. The average Bonchev–Trinajstić information content (AvgIpc) is 3.22. The number of carbonyl (C=O) groups is 3. The lowest BCUT2D eigenvalue weighted by Crippen LogP contribution is -2.40. The van der Waals surface area contributed by atoms with Gasteiger partial charge in [0.1, 0.15) is 0 Å². The van der Waals surface area contributed by atoms with Crippen molar-refractivity contribution in [1.82, 2.24) is 4.90 Å². The summed E-state index contributed by atoms with van der Waals surface area (Å²) in [6, 6.07) is 8.53. The second-order valence-corrected chi connectivity index (χ2v) is 7.09. The summed E-state index contributed by atoms with van der Waals surface area (Å²) < 4.78 is 10.2. The minimum absolute atomic E-state index is 0.189. The van der Waals surface area contributed by atoms with E-state index in [1.807, 2.05) is 13.0 Å². The van der Waals surface area contributed by atoms with Gasteiger partial charge in [-0.05, 0) is 49.6 Å². The molecule has 1 aromatic heterocycles. The van der Waals surface area contributed by atoms with Crippen molar-refractivity contribution in [1.29, 1.82) is 0 Å². The van der Waals surface area contributed by atoms with Crippen molar-refractivity contribution in [3.63, 3.8) is 0 Å². The lowest BCUT2D eigenvalue weighted by atomic mass is 9.97. The van der Waals surface area contributed by atoms with Gasteiger partial charge >= 0.3 is 5.97 Å². The first-order valence-corrected chi connectivity index (χ1v) is 9.37. The van der Waals surface area contributed by atoms with Crippen LogP contribution in [-0.2, 0) is 14.3 Å². The number of ether oxygens (including phenoxy) is 1. The van der Waals surface area contributed by atoms with Crippen LogP contribution in [0, 0.1) is 12.8 Å². The van der Waals surface area contributed by atoms with Crippen LogP contribution in [-0.4, -0.2) is 42.4 Å². The highest BCUT2D eigenvalue weighted by atomic mass is 35.5. The molecule has 0 unspecified atom stereocenters. The van der Waals surface area contributed by atoms with E-state index in [1.165, 1.54) is 6.26 Å². The van der Waals surface area contributed by atoms with Crippen LogP contribution in [0.2, 0.25) is 5.02 Å². The summed E-state index contributed by atoms with van der Waals surface area (Å²) in [5, 5.41) is 3.05. The first-order valence-electron chi connectivity index (χ1n) is 8.99. The van der Waals surface area contributed by atoms with E-state index in [1.54, 1.807) is 29.2 Å². The summed E-state index contributed by atoms with van der Waals surface area (Å²) in [5.74, 6) is -1.13. The second kappa shape index (κ2) is 8.93. The van der Waals surface area contributed by atoms with Crippen LogP contribution in [0.3, 0.4) is 0 Å². The molecule has 1 saturated heterocycles. The van der Waals surface area contributed by atoms with Crippen molar-refractivity contribution >= 4 is 35.1 Å². The van der Waals surface area contributed by atoms with E-state index in [0.717, 1.165) is 5.56 Å². The lowest BCUT2D eigenvalue weighted by molar-refractivity contribution is -0.152. The Labute approximate surface area is 167 Å². The minimum Gasteiger partial charge on any atom is -0.459 e. The van der Waals surface area contributed by atoms with Crippen molar-refractivity contribution in [2.75, 3.05) is 25.0 Å². The zero-order valence-corrected chi connectivity index (χ0v) is 16.2. The molecule has 0 saturated carbocycles. The topological polar surface area (TPSA) is 88.9 Å². The van der Waals surface area contributed by atoms with Crippen LogP contribution >= 0.6 is 11.6 Å². The number of likely N-dealkylation sites (tertiary alicyclic amines) is 1. The van der Waals surface area contributed by atoms with Gasteiger partial charge in [-0.25, -0.2) is 0 Å². The minimum atomic E-state index is -0.454. The van der Waals surface area contributed by atoms with Crippen molar-refractivity contribution in [3.05, 3.63) is 52.9 Å². The van der Waals surface area contributed by atoms with Crippen LogP contribution in [0.5, 0.6) is 0 Å². The third-order valence-corrected chi connectivity index (χ3v) is 4.90. The molecule has 0 aliphatic carbocycles. The lowest BCUT2D eigenvalue weighted by Gasteiger charge is -2.30. The summed E-state index contributed by atoms with van der Waals surface area (Å²) in [6.45, 7) is 2.39. The number of esters is 1. The zero-order chi connectivity index (χ0) is 20.1. The molecule has 2 aromatic rings. The van der Waals surface area contributed by atoms with E-state index >= 15 is 0 Å². The highest BCUT2D eigenvalue weighted by Gasteiger charge is 2.30. The number of piperidine rings is 1. The Bertz CT molecular complexity index is 857. The molecule has 3 rings (SSSR count). The second-order valence-electron chi connectivity index (χ2n) is 6.68. The molecule has 0 atom stereocenters. The molecule has 0 spiro atoms. The Morgan fingerprint density at radius 1 is 1.25 bits per heavy atom. The molecule has 2 heterocycles. The maximum absolute atomic E-state index is 12.2. The van der Waals surface area contributed by atoms with Crippen LogP contribution in [0.25, 0.3) is 0 Å². The number of hydrogen-bond acceptors (Lipinski definition) is 5. The van der Waals surface area contributed by atoms with Crippen molar-refractivity contribution in [2.45, 2.75) is 19.8 Å². The molecule has 148 valence electrons. The molecular weight excluding hydrogens is 384 g/mol. The summed E-state index contributed by atoms with van der Waals surface area (Å²) in [6.07, 6.45) is 2.42. The van der Waals surface area contributed by atoms with Gasteiger partial charge in [-0.2, -0.15) is 0 Å². The fraction of sp³-hybridized carbons (Fsp3) is 0.350. The highest BCUT2D eigenvalue weighted by molar-refractivity contribution is 6.33. The SMILES string of the molecule is Cc1ccc(NC(=O)COC(=O)C2CCN(C(=O)c3ccco3)CC2)c(Cl)c1. The molecule has 0 bridgehead atoms. The summed E-state index contributed by atoms with van der Waals surface area (Å²) in [7, 11) is 0. The largest absolute Gasteiger partial charge is 0.459 e. The van der Waals surface area contributed by atoms with Gasteiger partial charge in [0.15, 0.2) is 12.4 Å². The van der Waals surface area contributed by atoms with Gasteiger partial charge in [0, 0.05) is 13.1 Å². The van der Waals surface area contributed by atoms with Gasteiger partial charge < -0.3 is 19.4 Å². The van der Waals surface area contributed by atoms with Crippen molar-refractivity contribution < 1.29 is 23.5 Å². The van der Waals surface area contributed by atoms with E-state index in [0.29, 0.717) is 36.6 Å². The molecule has 7 nitrogen and oxygen atoms in total. The van der Waals surface area contributed by atoms with E-state index < -0.39 is 11.9 Å². The van der Waals surface area contributed by atoms with E-state index in [4.69, 9.17) is 20.8 Å². The molecule has 0 radical (unpaired) electrons. The Kier molecular flexibility index (Phi) is 6.36. The predicted molar refractivity (Wildman–Crippen MR) is 103 cm³/mol. The standard InChI is InChI=1S/C20H21ClN2O5/c1-13-4-5-16(15(21)11-13)22-18(24)12-28-20(26)14-6-8-23(9-7-14)19(25)17-3-2-10-27-17/h2-5,10-11,14H,6-9,12H2,1H3,(H,22,24). The van der Waals surface area contributed by atoms with Crippen molar-refractivity contribution in [3.8, 4) is 0 Å². The maximum Gasteiger partial charge on any atom is 0.309 e. The average molecular weight is 405 g/mol. The summed E-state index contributed by atoms with van der Waals surface area (Å²) in [4.78, 5) is 38.1. The fourth-order valence-corrected chi connectivity index (χ4v) is 3.32. The predicted octanol–water partition coefficient (Wildman–Crippen LogP) is 3.28. The first kappa shape index (κ1) is 19.9. The summed E-state index contributed by atoms with van der Waals surface area (Å²) in [5.41, 5.74) is 1.45. The molecule has 8 heteroatoms. The van der Waals surface area contributed by atoms with Crippen LogP contribution in [0.4, 0.5) is 5.69 Å². The third-order valence-electron chi connectivity index (χ3n) is 4.59. The van der Waals surface area contributed by atoms with E-state index in [-0.39, 0.29) is 24.2 Å². The number of nitrogens with one attached hydrogen (secondary N) is 1.